The normalized spacial score (nSPS) is 11.2. The van der Waals surface area contributed by atoms with Crippen LogP contribution in [-0.4, -0.2) is 43.3 Å². The van der Waals surface area contributed by atoms with Gasteiger partial charge in [0.2, 0.25) is 10.0 Å². The van der Waals surface area contributed by atoms with Gasteiger partial charge in [-0.1, -0.05) is 0 Å². The number of pyridine rings is 1. The van der Waals surface area contributed by atoms with E-state index in [1.165, 1.54) is 12.1 Å². The number of aromatic nitrogens is 3. The van der Waals surface area contributed by atoms with Gasteiger partial charge in [0.1, 0.15) is 11.6 Å². The Morgan fingerprint density at radius 1 is 1.00 bits per heavy atom. The average Bonchev–Trinajstić information content (AvgIpc) is 2.74. The highest BCUT2D eigenvalue weighted by atomic mass is 32.2. The van der Waals surface area contributed by atoms with E-state index in [1.54, 1.807) is 25.3 Å². The molecule has 0 aliphatic heterocycles. The number of anilines is 3. The quantitative estimate of drug-likeness (QED) is 0.407. The molecule has 0 aliphatic rings. The van der Waals surface area contributed by atoms with Gasteiger partial charge in [-0.3, -0.25) is 0 Å². The van der Waals surface area contributed by atoms with Crippen molar-refractivity contribution in [1.82, 2.24) is 19.9 Å². The Kier molecular flexibility index (Phi) is 7.32. The van der Waals surface area contributed by atoms with E-state index in [4.69, 9.17) is 4.74 Å². The van der Waals surface area contributed by atoms with Crippen molar-refractivity contribution in [2.45, 2.75) is 18.7 Å². The fourth-order valence-electron chi connectivity index (χ4n) is 2.61. The Balaban J connectivity index is 1.49. The van der Waals surface area contributed by atoms with Gasteiger partial charge < -0.3 is 15.4 Å². The summed E-state index contributed by atoms with van der Waals surface area (Å²) in [5.41, 5.74) is 1.07. The number of benzene rings is 1. The van der Waals surface area contributed by atoms with Crippen LogP contribution in [0.5, 0.6) is 5.75 Å². The Hall–Kier alpha value is -3.31. The number of hydrogen-bond acceptors (Lipinski definition) is 8. The fourth-order valence-corrected chi connectivity index (χ4v) is 3.65. The zero-order valence-electron chi connectivity index (χ0n) is 17.1. The number of rotatable bonds is 10. The highest BCUT2D eigenvalue weighted by Crippen LogP contribution is 2.21. The second kappa shape index (κ2) is 10.1. The van der Waals surface area contributed by atoms with Crippen molar-refractivity contribution in [3.8, 4) is 5.75 Å². The number of ether oxygens (including phenoxy) is 1. The van der Waals surface area contributed by atoms with E-state index in [0.717, 1.165) is 11.6 Å². The number of sulfonamides is 1. The molecule has 0 bridgehead atoms. The molecule has 0 saturated heterocycles. The van der Waals surface area contributed by atoms with Crippen LogP contribution in [0.4, 0.5) is 21.8 Å². The average molecular weight is 447 g/mol. The standard InChI is InChI=1S/C20H23FN6O3S/c1-3-30-17-5-4-15(13-16(17)21)31(28,29)24-11-10-23-18-6-7-19(27-26-18)25-20-12-14(2)8-9-22-20/h4-9,12-13,24H,3,10-11H2,1-2H3,(H,23,26)(H,22,25,27). The molecule has 164 valence electrons. The number of nitrogens with zero attached hydrogens (tertiary/aromatic N) is 3. The second-order valence-corrected chi connectivity index (χ2v) is 8.26. The SMILES string of the molecule is CCOc1ccc(S(=O)(=O)NCCNc2ccc(Nc3cc(C)ccn3)nn2)cc1F. The van der Waals surface area contributed by atoms with Crippen LogP contribution >= 0.6 is 0 Å². The molecule has 11 heteroatoms. The van der Waals surface area contributed by atoms with E-state index >= 15 is 0 Å². The first-order valence-corrected chi connectivity index (χ1v) is 11.0. The minimum atomic E-state index is -3.85. The van der Waals surface area contributed by atoms with E-state index in [2.05, 4.69) is 30.5 Å². The van der Waals surface area contributed by atoms with Crippen LogP contribution < -0.4 is 20.1 Å². The molecule has 0 radical (unpaired) electrons. The molecular formula is C20H23FN6O3S. The topological polar surface area (TPSA) is 118 Å². The number of halogens is 1. The Bertz CT molecular complexity index is 1130. The first-order chi connectivity index (χ1) is 14.9. The maximum atomic E-state index is 13.9. The molecule has 3 rings (SSSR count). The summed E-state index contributed by atoms with van der Waals surface area (Å²) in [5.74, 6) is 0.955. The molecule has 2 heterocycles. The summed E-state index contributed by atoms with van der Waals surface area (Å²) in [5, 5.41) is 14.1. The molecular weight excluding hydrogens is 423 g/mol. The third kappa shape index (κ3) is 6.33. The summed E-state index contributed by atoms with van der Waals surface area (Å²) in [7, 11) is -3.85. The van der Waals surface area contributed by atoms with Crippen LogP contribution in [-0.2, 0) is 10.0 Å². The van der Waals surface area contributed by atoms with Crippen LogP contribution in [0.25, 0.3) is 0 Å². The predicted octanol–water partition coefficient (Wildman–Crippen LogP) is 2.85. The molecule has 0 fully saturated rings. The van der Waals surface area contributed by atoms with E-state index in [-0.39, 0.29) is 30.3 Å². The zero-order chi connectivity index (χ0) is 22.3. The van der Waals surface area contributed by atoms with Gasteiger partial charge in [0.05, 0.1) is 11.5 Å². The van der Waals surface area contributed by atoms with Gasteiger partial charge >= 0.3 is 0 Å². The van der Waals surface area contributed by atoms with E-state index in [9.17, 15) is 12.8 Å². The molecule has 0 aliphatic carbocycles. The van der Waals surface area contributed by atoms with Gasteiger partial charge in [-0.25, -0.2) is 22.5 Å². The number of aryl methyl sites for hydroxylation is 1. The van der Waals surface area contributed by atoms with Crippen molar-refractivity contribution in [2.75, 3.05) is 30.3 Å². The van der Waals surface area contributed by atoms with Gasteiger partial charge in [0, 0.05) is 19.3 Å². The van der Waals surface area contributed by atoms with Crippen LogP contribution in [0.1, 0.15) is 12.5 Å². The summed E-state index contributed by atoms with van der Waals surface area (Å²) in [6, 6.07) is 10.7. The fraction of sp³-hybridized carbons (Fsp3) is 0.250. The zero-order valence-corrected chi connectivity index (χ0v) is 17.9. The van der Waals surface area contributed by atoms with Crippen molar-refractivity contribution >= 4 is 27.5 Å². The van der Waals surface area contributed by atoms with Crippen molar-refractivity contribution < 1.29 is 17.5 Å². The van der Waals surface area contributed by atoms with Crippen molar-refractivity contribution in [2.24, 2.45) is 0 Å². The maximum absolute atomic E-state index is 13.9. The summed E-state index contributed by atoms with van der Waals surface area (Å²) < 4.78 is 46.0. The van der Waals surface area contributed by atoms with Gasteiger partial charge in [0.25, 0.3) is 0 Å². The lowest BCUT2D eigenvalue weighted by molar-refractivity contribution is 0.321. The van der Waals surface area contributed by atoms with Crippen LogP contribution in [0.2, 0.25) is 0 Å². The smallest absolute Gasteiger partial charge is 0.240 e. The molecule has 9 nitrogen and oxygen atoms in total. The Morgan fingerprint density at radius 2 is 1.77 bits per heavy atom. The number of nitrogens with one attached hydrogen (secondary N) is 3. The molecule has 0 saturated carbocycles. The first-order valence-electron chi connectivity index (χ1n) is 9.56. The molecule has 0 unspecified atom stereocenters. The molecule has 1 aromatic carbocycles. The lowest BCUT2D eigenvalue weighted by Crippen LogP contribution is -2.29. The second-order valence-electron chi connectivity index (χ2n) is 6.50. The highest BCUT2D eigenvalue weighted by Gasteiger charge is 2.16. The van der Waals surface area contributed by atoms with E-state index in [0.29, 0.717) is 17.5 Å². The molecule has 0 amide bonds. The molecule has 3 N–H and O–H groups in total. The van der Waals surface area contributed by atoms with Crippen LogP contribution in [0, 0.1) is 12.7 Å². The van der Waals surface area contributed by atoms with Crippen LogP contribution in [0.15, 0.2) is 53.6 Å². The lowest BCUT2D eigenvalue weighted by atomic mass is 10.3. The van der Waals surface area contributed by atoms with Gasteiger partial charge in [-0.05, 0) is 61.9 Å². The summed E-state index contributed by atoms with van der Waals surface area (Å²) in [6.07, 6.45) is 1.70. The van der Waals surface area contributed by atoms with Crippen molar-refractivity contribution in [3.63, 3.8) is 0 Å². The largest absolute Gasteiger partial charge is 0.491 e. The van der Waals surface area contributed by atoms with Crippen molar-refractivity contribution in [3.05, 3.63) is 60.0 Å². The number of hydrogen-bond donors (Lipinski definition) is 3. The molecule has 0 atom stereocenters. The first kappa shape index (κ1) is 22.4. The van der Waals surface area contributed by atoms with E-state index < -0.39 is 15.8 Å². The molecule has 0 spiro atoms. The minimum absolute atomic E-state index is 0.0119. The summed E-state index contributed by atoms with van der Waals surface area (Å²) in [4.78, 5) is 4.02. The maximum Gasteiger partial charge on any atom is 0.240 e. The predicted molar refractivity (Wildman–Crippen MR) is 116 cm³/mol. The monoisotopic (exact) mass is 446 g/mol. The Morgan fingerprint density at radius 3 is 2.45 bits per heavy atom. The lowest BCUT2D eigenvalue weighted by Gasteiger charge is -2.10. The molecule has 31 heavy (non-hydrogen) atoms. The summed E-state index contributed by atoms with van der Waals surface area (Å²) >= 11 is 0. The van der Waals surface area contributed by atoms with Crippen molar-refractivity contribution in [1.29, 1.82) is 0 Å². The third-order valence-corrected chi connectivity index (χ3v) is 5.53. The van der Waals surface area contributed by atoms with Gasteiger partial charge in [-0.2, -0.15) is 0 Å². The molecule has 3 aromatic rings. The summed E-state index contributed by atoms with van der Waals surface area (Å²) in [6.45, 7) is 4.31. The van der Waals surface area contributed by atoms with Gasteiger partial charge in [-0.15, -0.1) is 10.2 Å². The van der Waals surface area contributed by atoms with E-state index in [1.807, 2.05) is 19.1 Å². The minimum Gasteiger partial charge on any atom is -0.491 e. The van der Waals surface area contributed by atoms with Crippen LogP contribution in [0.3, 0.4) is 0 Å². The molecule has 2 aromatic heterocycles. The Labute approximate surface area is 180 Å². The highest BCUT2D eigenvalue weighted by molar-refractivity contribution is 7.89. The third-order valence-electron chi connectivity index (χ3n) is 4.07. The van der Waals surface area contributed by atoms with Gasteiger partial charge in [0.15, 0.2) is 17.4 Å².